The molecule has 1 amide bonds. The number of fused-ring (bicyclic) bond motifs is 3. The third kappa shape index (κ3) is 2.56. The van der Waals surface area contributed by atoms with Gasteiger partial charge < -0.3 is 10.3 Å². The predicted molar refractivity (Wildman–Crippen MR) is 83.0 cm³/mol. The molecule has 3 aromatic rings. The number of aromatic nitrogens is 3. The summed E-state index contributed by atoms with van der Waals surface area (Å²) in [5, 5.41) is 1.04. The quantitative estimate of drug-likeness (QED) is 0.736. The van der Waals surface area contributed by atoms with E-state index < -0.39 is 0 Å². The van der Waals surface area contributed by atoms with E-state index in [-0.39, 0.29) is 5.91 Å². The summed E-state index contributed by atoms with van der Waals surface area (Å²) in [5.41, 5.74) is 7.96. The first-order chi connectivity index (χ1) is 10.2. The highest BCUT2D eigenvalue weighted by atomic mass is 35.5. The fourth-order valence-electron chi connectivity index (χ4n) is 2.56. The van der Waals surface area contributed by atoms with Gasteiger partial charge in [-0.3, -0.25) is 9.78 Å². The maximum atomic E-state index is 10.9. The second-order valence-electron chi connectivity index (χ2n) is 4.89. The van der Waals surface area contributed by atoms with E-state index in [2.05, 4.69) is 14.5 Å². The van der Waals surface area contributed by atoms with Crippen molar-refractivity contribution < 1.29 is 4.79 Å². The Balaban J connectivity index is 2.14. The van der Waals surface area contributed by atoms with Gasteiger partial charge in [0, 0.05) is 18.4 Å². The predicted octanol–water partition coefficient (Wildman–Crippen LogP) is 2.59. The Hall–Kier alpha value is -2.14. The summed E-state index contributed by atoms with van der Waals surface area (Å²) in [4.78, 5) is 19.9. The van der Waals surface area contributed by atoms with Crippen LogP contribution in [0.25, 0.3) is 21.9 Å². The fraction of sp³-hybridized carbons (Fsp3) is 0.267. The fourth-order valence-corrected chi connectivity index (χ4v) is 2.77. The molecule has 0 bridgehead atoms. The molecule has 108 valence electrons. The van der Waals surface area contributed by atoms with Crippen LogP contribution in [0.3, 0.4) is 0 Å². The highest BCUT2D eigenvalue weighted by Crippen LogP contribution is 2.25. The van der Waals surface area contributed by atoms with Gasteiger partial charge in [0.05, 0.1) is 23.1 Å². The number of nitrogens with zero attached hydrogens (tertiary/aromatic N) is 3. The first-order valence-corrected chi connectivity index (χ1v) is 7.31. The van der Waals surface area contributed by atoms with Crippen molar-refractivity contribution in [2.24, 2.45) is 5.73 Å². The highest BCUT2D eigenvalue weighted by molar-refractivity contribution is 6.17. The molecule has 0 unspecified atom stereocenters. The van der Waals surface area contributed by atoms with Crippen LogP contribution in [0.4, 0.5) is 0 Å². The maximum absolute atomic E-state index is 10.9. The molecule has 0 saturated heterocycles. The Labute approximate surface area is 126 Å². The van der Waals surface area contributed by atoms with Crippen molar-refractivity contribution in [3.8, 4) is 0 Å². The van der Waals surface area contributed by atoms with E-state index in [0.717, 1.165) is 27.8 Å². The number of hydrogen-bond acceptors (Lipinski definition) is 3. The van der Waals surface area contributed by atoms with Gasteiger partial charge in [0.1, 0.15) is 11.3 Å². The molecule has 1 aromatic carbocycles. The van der Waals surface area contributed by atoms with Gasteiger partial charge in [-0.2, -0.15) is 0 Å². The minimum absolute atomic E-state index is 0.293. The zero-order valence-electron chi connectivity index (χ0n) is 11.4. The summed E-state index contributed by atoms with van der Waals surface area (Å²) in [6, 6.07) is 7.92. The normalized spacial score (nSPS) is 11.3. The number of carbonyl (C=O) groups is 1. The first kappa shape index (κ1) is 13.8. The van der Waals surface area contributed by atoms with Crippen LogP contribution < -0.4 is 5.73 Å². The van der Waals surface area contributed by atoms with Gasteiger partial charge in [-0.05, 0) is 12.5 Å². The monoisotopic (exact) mass is 302 g/mol. The Bertz CT molecular complexity index is 812. The molecule has 3 rings (SSSR count). The molecule has 5 nitrogen and oxygen atoms in total. The number of nitrogens with two attached hydrogens (primary N) is 1. The van der Waals surface area contributed by atoms with Crippen LogP contribution in [0.15, 0.2) is 30.5 Å². The van der Waals surface area contributed by atoms with E-state index in [9.17, 15) is 4.79 Å². The number of carbonyl (C=O) groups excluding carboxylic acids is 1. The molecule has 2 aromatic heterocycles. The smallest absolute Gasteiger partial charge is 0.217 e. The number of aryl methyl sites for hydroxylation is 1. The first-order valence-electron chi connectivity index (χ1n) is 6.78. The summed E-state index contributed by atoms with van der Waals surface area (Å²) in [5.74, 6) is 0.812. The van der Waals surface area contributed by atoms with Crippen molar-refractivity contribution in [1.82, 2.24) is 14.5 Å². The average Bonchev–Trinajstić information content (AvgIpc) is 2.85. The van der Waals surface area contributed by atoms with E-state index in [1.165, 1.54) is 0 Å². The summed E-state index contributed by atoms with van der Waals surface area (Å²) >= 11 is 6.00. The van der Waals surface area contributed by atoms with Crippen LogP contribution in [0.1, 0.15) is 18.7 Å². The second kappa shape index (κ2) is 5.69. The lowest BCUT2D eigenvalue weighted by Crippen LogP contribution is -2.12. The van der Waals surface area contributed by atoms with Gasteiger partial charge in [-0.25, -0.2) is 4.98 Å². The molecule has 0 aliphatic carbocycles. The lowest BCUT2D eigenvalue weighted by atomic mass is 10.2. The Kier molecular flexibility index (Phi) is 3.75. The Morgan fingerprint density at radius 2 is 2.10 bits per heavy atom. The summed E-state index contributed by atoms with van der Waals surface area (Å²) in [6.07, 6.45) is 2.78. The number of imidazole rings is 1. The number of para-hydroxylation sites is 1. The summed E-state index contributed by atoms with van der Waals surface area (Å²) < 4.78 is 2.06. The number of halogens is 1. The van der Waals surface area contributed by atoms with Gasteiger partial charge in [-0.15, -0.1) is 11.6 Å². The standard InChI is InChI=1S/C15H15ClN4O/c16-8-14-19-12-9-18-11-5-2-1-4-10(11)15(12)20(14)7-3-6-13(17)21/h1-2,4-5,9H,3,6-8H2,(H2,17,21). The number of alkyl halides is 1. The van der Waals surface area contributed by atoms with Crippen LogP contribution in [0, 0.1) is 0 Å². The topological polar surface area (TPSA) is 73.8 Å². The second-order valence-corrected chi connectivity index (χ2v) is 5.16. The van der Waals surface area contributed by atoms with Crippen molar-refractivity contribution in [2.45, 2.75) is 25.3 Å². The molecule has 0 saturated carbocycles. The largest absolute Gasteiger partial charge is 0.370 e. The van der Waals surface area contributed by atoms with Crippen LogP contribution in [-0.4, -0.2) is 20.4 Å². The van der Waals surface area contributed by atoms with Crippen molar-refractivity contribution in [1.29, 1.82) is 0 Å². The van der Waals surface area contributed by atoms with E-state index in [4.69, 9.17) is 17.3 Å². The van der Waals surface area contributed by atoms with Crippen molar-refractivity contribution in [2.75, 3.05) is 0 Å². The molecule has 0 spiro atoms. The zero-order valence-corrected chi connectivity index (χ0v) is 12.2. The van der Waals surface area contributed by atoms with Crippen molar-refractivity contribution >= 4 is 39.4 Å². The van der Waals surface area contributed by atoms with Gasteiger partial charge >= 0.3 is 0 Å². The lowest BCUT2D eigenvalue weighted by Gasteiger charge is -2.08. The van der Waals surface area contributed by atoms with E-state index in [1.54, 1.807) is 6.20 Å². The van der Waals surface area contributed by atoms with Gasteiger partial charge in [-0.1, -0.05) is 18.2 Å². The van der Waals surface area contributed by atoms with Crippen LogP contribution >= 0.6 is 11.6 Å². The van der Waals surface area contributed by atoms with Crippen LogP contribution in [0.5, 0.6) is 0 Å². The lowest BCUT2D eigenvalue weighted by molar-refractivity contribution is -0.118. The molecule has 0 fully saturated rings. The SMILES string of the molecule is NC(=O)CCCn1c(CCl)nc2cnc3ccccc3c21. The summed E-state index contributed by atoms with van der Waals surface area (Å²) in [6.45, 7) is 0.662. The molecule has 0 atom stereocenters. The molecule has 21 heavy (non-hydrogen) atoms. The molecule has 2 N–H and O–H groups in total. The zero-order chi connectivity index (χ0) is 14.8. The van der Waals surface area contributed by atoms with Gasteiger partial charge in [0.25, 0.3) is 0 Å². The average molecular weight is 303 g/mol. The third-order valence-corrected chi connectivity index (χ3v) is 3.72. The molecular formula is C15H15ClN4O. The number of hydrogen-bond donors (Lipinski definition) is 1. The van der Waals surface area contributed by atoms with Gasteiger partial charge in [0.2, 0.25) is 5.91 Å². The van der Waals surface area contributed by atoms with Crippen molar-refractivity contribution in [3.05, 3.63) is 36.3 Å². The number of pyridine rings is 1. The maximum Gasteiger partial charge on any atom is 0.217 e. The minimum Gasteiger partial charge on any atom is -0.370 e. The van der Waals surface area contributed by atoms with E-state index in [1.807, 2.05) is 24.3 Å². The number of amides is 1. The van der Waals surface area contributed by atoms with Crippen molar-refractivity contribution in [3.63, 3.8) is 0 Å². The van der Waals surface area contributed by atoms with Gasteiger partial charge in [0.15, 0.2) is 0 Å². The third-order valence-electron chi connectivity index (χ3n) is 3.48. The molecular weight excluding hydrogens is 288 g/mol. The number of primary amides is 1. The number of benzene rings is 1. The molecule has 0 aliphatic rings. The van der Waals surface area contributed by atoms with E-state index >= 15 is 0 Å². The molecule has 2 heterocycles. The summed E-state index contributed by atoms with van der Waals surface area (Å²) in [7, 11) is 0. The Morgan fingerprint density at radius 1 is 1.29 bits per heavy atom. The van der Waals surface area contributed by atoms with Crippen LogP contribution in [-0.2, 0) is 17.2 Å². The molecule has 0 aliphatic heterocycles. The van der Waals surface area contributed by atoms with Crippen LogP contribution in [0.2, 0.25) is 0 Å². The van der Waals surface area contributed by atoms with E-state index in [0.29, 0.717) is 25.3 Å². The molecule has 0 radical (unpaired) electrons. The highest BCUT2D eigenvalue weighted by Gasteiger charge is 2.13. The molecule has 6 heteroatoms. The number of rotatable bonds is 5. The minimum atomic E-state index is -0.293. The Morgan fingerprint density at radius 3 is 2.86 bits per heavy atom.